The molecule has 0 aliphatic heterocycles. The molecule has 2 nitrogen and oxygen atoms in total. The number of anilines is 1. The third-order valence-corrected chi connectivity index (χ3v) is 4.47. The molecule has 1 aromatic heterocycles. The van der Waals surface area contributed by atoms with Gasteiger partial charge in [-0.3, -0.25) is 0 Å². The molecule has 2 aromatic rings. The summed E-state index contributed by atoms with van der Waals surface area (Å²) in [4.78, 5) is 5.88. The Hall–Kier alpha value is -1.35. The minimum atomic E-state index is 1.02. The molecule has 0 spiro atoms. The molecule has 18 heavy (non-hydrogen) atoms. The Balaban J connectivity index is 2.11. The zero-order valence-corrected chi connectivity index (χ0v) is 12.3. The summed E-state index contributed by atoms with van der Waals surface area (Å²) in [5.41, 5.74) is 5.34. The van der Waals surface area contributed by atoms with Crippen LogP contribution in [0.25, 0.3) is 0 Å². The lowest BCUT2D eigenvalue weighted by Gasteiger charge is -2.06. The van der Waals surface area contributed by atoms with Crippen LogP contribution >= 0.6 is 11.3 Å². The lowest BCUT2D eigenvalue weighted by molar-refractivity contribution is 0.949. The summed E-state index contributed by atoms with van der Waals surface area (Å²) in [6.07, 6.45) is 2.18. The van der Waals surface area contributed by atoms with Gasteiger partial charge in [-0.15, -0.1) is 11.3 Å². The molecule has 2 rings (SSSR count). The van der Waals surface area contributed by atoms with E-state index in [9.17, 15) is 0 Å². The van der Waals surface area contributed by atoms with Crippen LogP contribution in [0.15, 0.2) is 18.2 Å². The van der Waals surface area contributed by atoms with E-state index in [1.165, 1.54) is 21.6 Å². The quantitative estimate of drug-likeness (QED) is 0.902. The topological polar surface area (TPSA) is 24.9 Å². The number of nitrogens with one attached hydrogen (secondary N) is 1. The summed E-state index contributed by atoms with van der Waals surface area (Å²) >= 11 is 1.77. The van der Waals surface area contributed by atoms with Crippen molar-refractivity contribution in [3.8, 4) is 0 Å². The Bertz CT molecular complexity index is 543. The number of rotatable bonds is 4. The van der Waals surface area contributed by atoms with Crippen LogP contribution in [0, 0.1) is 20.8 Å². The molecule has 0 amide bonds. The Labute approximate surface area is 113 Å². The summed E-state index contributed by atoms with van der Waals surface area (Å²) in [6, 6.07) is 6.68. The SMILES string of the molecule is CNc1nc(C)c(CCc2cc(C)ccc2C)s1. The van der Waals surface area contributed by atoms with E-state index >= 15 is 0 Å². The zero-order chi connectivity index (χ0) is 13.1. The number of nitrogens with zero attached hydrogens (tertiary/aromatic N) is 1. The van der Waals surface area contributed by atoms with Crippen LogP contribution < -0.4 is 5.32 Å². The molecule has 0 saturated carbocycles. The van der Waals surface area contributed by atoms with Crippen molar-refractivity contribution in [1.29, 1.82) is 0 Å². The van der Waals surface area contributed by atoms with E-state index in [0.717, 1.165) is 23.7 Å². The number of hydrogen-bond acceptors (Lipinski definition) is 3. The van der Waals surface area contributed by atoms with Crippen LogP contribution in [0.2, 0.25) is 0 Å². The van der Waals surface area contributed by atoms with Gasteiger partial charge in [0.05, 0.1) is 5.69 Å². The van der Waals surface area contributed by atoms with Crippen LogP contribution in [-0.2, 0) is 12.8 Å². The van der Waals surface area contributed by atoms with Crippen LogP contribution in [0.3, 0.4) is 0 Å². The highest BCUT2D eigenvalue weighted by atomic mass is 32.1. The normalized spacial score (nSPS) is 10.7. The van der Waals surface area contributed by atoms with E-state index < -0.39 is 0 Å². The van der Waals surface area contributed by atoms with Gasteiger partial charge in [0.2, 0.25) is 0 Å². The van der Waals surface area contributed by atoms with Gasteiger partial charge in [-0.05, 0) is 44.7 Å². The van der Waals surface area contributed by atoms with Crippen molar-refractivity contribution in [2.45, 2.75) is 33.6 Å². The lowest BCUT2D eigenvalue weighted by atomic mass is 10.0. The van der Waals surface area contributed by atoms with Crippen LogP contribution in [0.4, 0.5) is 5.13 Å². The summed E-state index contributed by atoms with van der Waals surface area (Å²) in [5.74, 6) is 0. The molecule has 0 unspecified atom stereocenters. The van der Waals surface area contributed by atoms with Gasteiger partial charge in [0.15, 0.2) is 5.13 Å². The molecule has 1 aromatic carbocycles. The maximum atomic E-state index is 4.49. The second-order valence-corrected chi connectivity index (χ2v) is 5.79. The standard InChI is InChI=1S/C15H20N2S/c1-10-5-6-11(2)13(9-10)7-8-14-12(3)17-15(16-4)18-14/h5-6,9H,7-8H2,1-4H3,(H,16,17). The summed E-state index contributed by atoms with van der Waals surface area (Å²) in [7, 11) is 1.92. The third-order valence-electron chi connectivity index (χ3n) is 3.23. The fourth-order valence-electron chi connectivity index (χ4n) is 2.08. The van der Waals surface area contributed by atoms with Crippen LogP contribution in [0.5, 0.6) is 0 Å². The third kappa shape index (κ3) is 2.91. The van der Waals surface area contributed by atoms with E-state index in [4.69, 9.17) is 0 Å². The minimum Gasteiger partial charge on any atom is -0.365 e. The predicted octanol–water partition coefficient (Wildman–Crippen LogP) is 3.90. The molecule has 0 saturated heterocycles. The van der Waals surface area contributed by atoms with Gasteiger partial charge in [0.1, 0.15) is 0 Å². The first-order chi connectivity index (χ1) is 8.60. The van der Waals surface area contributed by atoms with Crippen molar-refractivity contribution in [3.05, 3.63) is 45.5 Å². The molecule has 0 bridgehead atoms. The highest BCUT2D eigenvalue weighted by Crippen LogP contribution is 2.24. The van der Waals surface area contributed by atoms with Gasteiger partial charge < -0.3 is 5.32 Å². The molecule has 0 fully saturated rings. The largest absolute Gasteiger partial charge is 0.365 e. The van der Waals surface area contributed by atoms with E-state index in [0.29, 0.717) is 0 Å². The van der Waals surface area contributed by atoms with Crippen molar-refractivity contribution in [3.63, 3.8) is 0 Å². The van der Waals surface area contributed by atoms with Gasteiger partial charge in [-0.2, -0.15) is 0 Å². The molecule has 1 N–H and O–H groups in total. The molecule has 3 heteroatoms. The number of aryl methyl sites for hydroxylation is 5. The van der Waals surface area contributed by atoms with Crippen molar-refractivity contribution in [1.82, 2.24) is 4.98 Å². The smallest absolute Gasteiger partial charge is 0.182 e. The molecule has 0 aliphatic carbocycles. The first-order valence-electron chi connectivity index (χ1n) is 6.30. The van der Waals surface area contributed by atoms with Crippen molar-refractivity contribution < 1.29 is 0 Å². The van der Waals surface area contributed by atoms with E-state index in [1.807, 2.05) is 7.05 Å². The number of thiazole rings is 1. The molecule has 96 valence electrons. The molecule has 1 heterocycles. The van der Waals surface area contributed by atoms with Gasteiger partial charge in [-0.1, -0.05) is 23.8 Å². The van der Waals surface area contributed by atoms with E-state index in [-0.39, 0.29) is 0 Å². The van der Waals surface area contributed by atoms with E-state index in [1.54, 1.807) is 11.3 Å². The second-order valence-electron chi connectivity index (χ2n) is 4.71. The second kappa shape index (κ2) is 5.53. The Kier molecular flexibility index (Phi) is 4.02. The Morgan fingerprint density at radius 2 is 1.94 bits per heavy atom. The van der Waals surface area contributed by atoms with Crippen molar-refractivity contribution >= 4 is 16.5 Å². The number of hydrogen-bond donors (Lipinski definition) is 1. The first kappa shape index (κ1) is 13.1. The van der Waals surface area contributed by atoms with Gasteiger partial charge in [0.25, 0.3) is 0 Å². The molecule has 0 radical (unpaired) electrons. The lowest BCUT2D eigenvalue weighted by Crippen LogP contribution is -1.94. The fraction of sp³-hybridized carbons (Fsp3) is 0.400. The van der Waals surface area contributed by atoms with Gasteiger partial charge in [0, 0.05) is 11.9 Å². The maximum absolute atomic E-state index is 4.49. The molecular weight excluding hydrogens is 240 g/mol. The van der Waals surface area contributed by atoms with Crippen molar-refractivity contribution in [2.24, 2.45) is 0 Å². The fourth-order valence-corrected chi connectivity index (χ4v) is 3.00. The maximum Gasteiger partial charge on any atom is 0.182 e. The summed E-state index contributed by atoms with van der Waals surface area (Å²) in [5, 5.41) is 4.13. The number of aromatic nitrogens is 1. The molecular formula is C15H20N2S. The monoisotopic (exact) mass is 260 g/mol. The van der Waals surface area contributed by atoms with E-state index in [2.05, 4.69) is 49.3 Å². The minimum absolute atomic E-state index is 1.02. The molecule has 0 aliphatic rings. The van der Waals surface area contributed by atoms with Crippen LogP contribution in [-0.4, -0.2) is 12.0 Å². The molecule has 0 atom stereocenters. The predicted molar refractivity (Wildman–Crippen MR) is 79.7 cm³/mol. The summed E-state index contributed by atoms with van der Waals surface area (Å²) in [6.45, 7) is 6.43. The first-order valence-corrected chi connectivity index (χ1v) is 7.12. The van der Waals surface area contributed by atoms with Crippen molar-refractivity contribution in [2.75, 3.05) is 12.4 Å². The highest BCUT2D eigenvalue weighted by Gasteiger charge is 2.07. The van der Waals surface area contributed by atoms with Gasteiger partial charge >= 0.3 is 0 Å². The van der Waals surface area contributed by atoms with Crippen LogP contribution in [0.1, 0.15) is 27.3 Å². The van der Waals surface area contributed by atoms with Gasteiger partial charge in [-0.25, -0.2) is 4.98 Å². The highest BCUT2D eigenvalue weighted by molar-refractivity contribution is 7.15. The Morgan fingerprint density at radius 3 is 2.61 bits per heavy atom. The number of benzene rings is 1. The zero-order valence-electron chi connectivity index (χ0n) is 11.5. The Morgan fingerprint density at radius 1 is 1.17 bits per heavy atom. The average molecular weight is 260 g/mol. The summed E-state index contributed by atoms with van der Waals surface area (Å²) < 4.78 is 0. The average Bonchev–Trinajstić information content (AvgIpc) is 2.71.